The first-order valence-corrected chi connectivity index (χ1v) is 8.14. The Balaban J connectivity index is 1.81. The topological polar surface area (TPSA) is 51.0 Å². The number of amides is 1. The second kappa shape index (κ2) is 7.22. The quantitative estimate of drug-likeness (QED) is 0.876. The maximum atomic E-state index is 12.8. The average Bonchev–Trinajstić information content (AvgIpc) is 2.87. The predicted octanol–water partition coefficient (Wildman–Crippen LogP) is 2.91. The Bertz CT molecular complexity index is 677. The third-order valence-electron chi connectivity index (χ3n) is 4.30. The molecule has 0 radical (unpaired) electrons. The Labute approximate surface area is 136 Å². The largest absolute Gasteiger partial charge is 0.331 e. The normalized spacial score (nSPS) is 19.0. The van der Waals surface area contributed by atoms with E-state index in [9.17, 15) is 4.79 Å². The van der Waals surface area contributed by atoms with Crippen molar-refractivity contribution >= 4 is 12.0 Å². The van der Waals surface area contributed by atoms with Crippen molar-refractivity contribution in [3.05, 3.63) is 53.9 Å². The number of likely N-dealkylation sites (tertiary alicyclic amines) is 1. The molecule has 1 fully saturated rings. The molecule has 0 unspecified atom stereocenters. The van der Waals surface area contributed by atoms with Crippen molar-refractivity contribution < 1.29 is 4.79 Å². The highest BCUT2D eigenvalue weighted by atomic mass is 16.2. The molecule has 1 atom stereocenters. The van der Waals surface area contributed by atoms with Gasteiger partial charge in [-0.1, -0.05) is 60.5 Å². The van der Waals surface area contributed by atoms with Gasteiger partial charge in [-0.2, -0.15) is 0 Å². The molecule has 0 spiro atoms. The van der Waals surface area contributed by atoms with Crippen LogP contribution in [0.3, 0.4) is 0 Å². The summed E-state index contributed by atoms with van der Waals surface area (Å²) in [6.07, 6.45) is 10.2. The predicted molar refractivity (Wildman–Crippen MR) is 89.8 cm³/mol. The van der Waals surface area contributed by atoms with Gasteiger partial charge in [-0.25, -0.2) is 4.68 Å². The summed E-state index contributed by atoms with van der Waals surface area (Å²) in [6.45, 7) is 0.786. The zero-order valence-corrected chi connectivity index (χ0v) is 13.4. The minimum absolute atomic E-state index is 0.0158. The maximum absolute atomic E-state index is 12.8. The average molecular weight is 310 g/mol. The summed E-state index contributed by atoms with van der Waals surface area (Å²) in [5, 5.41) is 7.70. The Morgan fingerprint density at radius 3 is 2.78 bits per heavy atom. The fourth-order valence-electron chi connectivity index (χ4n) is 3.00. The van der Waals surface area contributed by atoms with Crippen LogP contribution in [0.25, 0.3) is 6.08 Å². The summed E-state index contributed by atoms with van der Waals surface area (Å²) in [5.74, 6) is 0.0158. The number of rotatable bonds is 3. The lowest BCUT2D eigenvalue weighted by atomic mass is 10.1. The Morgan fingerprint density at radius 2 is 2.04 bits per heavy atom. The van der Waals surface area contributed by atoms with Crippen LogP contribution in [0.2, 0.25) is 0 Å². The van der Waals surface area contributed by atoms with Crippen LogP contribution >= 0.6 is 0 Å². The third-order valence-corrected chi connectivity index (χ3v) is 4.30. The molecule has 2 aromatic rings. The van der Waals surface area contributed by atoms with E-state index in [-0.39, 0.29) is 11.9 Å². The number of benzene rings is 1. The van der Waals surface area contributed by atoms with E-state index in [4.69, 9.17) is 0 Å². The second-order valence-electron chi connectivity index (χ2n) is 5.93. The molecule has 0 N–H and O–H groups in total. The third kappa shape index (κ3) is 3.67. The number of carbonyl (C=O) groups is 1. The fraction of sp³-hybridized carbons (Fsp3) is 0.389. The summed E-state index contributed by atoms with van der Waals surface area (Å²) in [6, 6.07) is 10.3. The SMILES string of the molecule is Cn1nncc1C(=O)N1CCCCC[C@@H]1/C=C/c1ccccc1. The fourth-order valence-corrected chi connectivity index (χ4v) is 3.00. The smallest absolute Gasteiger partial charge is 0.274 e. The molecule has 1 aliphatic rings. The van der Waals surface area contributed by atoms with Crippen molar-refractivity contribution in [3.8, 4) is 0 Å². The van der Waals surface area contributed by atoms with Crippen LogP contribution in [0.4, 0.5) is 0 Å². The standard InChI is InChI=1S/C18H22N4O/c1-21-17(14-19-20-21)18(23)22-13-7-3-6-10-16(22)12-11-15-8-4-2-5-9-15/h2,4-5,8-9,11-12,14,16H,3,6-7,10,13H2,1H3/b12-11+/t16-/m1/s1. The Kier molecular flexibility index (Phi) is 4.86. The van der Waals surface area contributed by atoms with E-state index < -0.39 is 0 Å². The van der Waals surface area contributed by atoms with Gasteiger partial charge >= 0.3 is 0 Å². The number of hydrogen-bond acceptors (Lipinski definition) is 3. The lowest BCUT2D eigenvalue weighted by Gasteiger charge is -2.27. The highest BCUT2D eigenvalue weighted by Gasteiger charge is 2.26. The van der Waals surface area contributed by atoms with Gasteiger partial charge in [0.25, 0.3) is 5.91 Å². The van der Waals surface area contributed by atoms with Gasteiger partial charge in [-0.3, -0.25) is 4.79 Å². The van der Waals surface area contributed by atoms with Crippen LogP contribution in [0.1, 0.15) is 41.7 Å². The summed E-state index contributed by atoms with van der Waals surface area (Å²) in [4.78, 5) is 14.8. The first-order chi connectivity index (χ1) is 11.3. The van der Waals surface area contributed by atoms with Gasteiger partial charge in [0.2, 0.25) is 0 Å². The Hall–Kier alpha value is -2.43. The van der Waals surface area contributed by atoms with Gasteiger partial charge < -0.3 is 4.90 Å². The molecule has 3 rings (SSSR count). The summed E-state index contributed by atoms with van der Waals surface area (Å²) in [7, 11) is 1.76. The van der Waals surface area contributed by atoms with Gasteiger partial charge in [0.1, 0.15) is 5.69 Å². The van der Waals surface area contributed by atoms with Crippen molar-refractivity contribution in [1.82, 2.24) is 19.9 Å². The van der Waals surface area contributed by atoms with Gasteiger partial charge in [-0.05, 0) is 18.4 Å². The molecule has 2 heterocycles. The minimum Gasteiger partial charge on any atom is -0.331 e. The van der Waals surface area contributed by atoms with Gasteiger partial charge in [-0.15, -0.1) is 5.10 Å². The molecule has 1 aromatic carbocycles. The van der Waals surface area contributed by atoms with Crippen molar-refractivity contribution in [2.45, 2.75) is 31.7 Å². The Morgan fingerprint density at radius 1 is 1.22 bits per heavy atom. The monoisotopic (exact) mass is 310 g/mol. The molecule has 0 aliphatic carbocycles. The number of nitrogens with zero attached hydrogens (tertiary/aromatic N) is 4. The van der Waals surface area contributed by atoms with Crippen LogP contribution in [0, 0.1) is 0 Å². The second-order valence-corrected chi connectivity index (χ2v) is 5.93. The first kappa shape index (κ1) is 15.5. The molecule has 1 amide bonds. The summed E-state index contributed by atoms with van der Waals surface area (Å²) >= 11 is 0. The molecule has 0 bridgehead atoms. The van der Waals surface area contributed by atoms with Crippen LogP contribution < -0.4 is 0 Å². The van der Waals surface area contributed by atoms with Gasteiger partial charge in [0.05, 0.1) is 12.2 Å². The van der Waals surface area contributed by atoms with E-state index in [0.29, 0.717) is 5.69 Å². The first-order valence-electron chi connectivity index (χ1n) is 8.14. The molecular formula is C18H22N4O. The van der Waals surface area contributed by atoms with E-state index in [0.717, 1.165) is 31.4 Å². The number of aryl methyl sites for hydroxylation is 1. The summed E-state index contributed by atoms with van der Waals surface area (Å²) < 4.78 is 1.55. The molecular weight excluding hydrogens is 288 g/mol. The molecule has 1 saturated heterocycles. The zero-order valence-electron chi connectivity index (χ0n) is 13.4. The van der Waals surface area contributed by atoms with E-state index in [1.54, 1.807) is 17.9 Å². The molecule has 120 valence electrons. The lowest BCUT2D eigenvalue weighted by Crippen LogP contribution is -2.39. The number of hydrogen-bond donors (Lipinski definition) is 0. The van der Waals surface area contributed by atoms with Gasteiger partial charge in [0.15, 0.2) is 0 Å². The molecule has 5 heteroatoms. The molecule has 23 heavy (non-hydrogen) atoms. The van der Waals surface area contributed by atoms with E-state index in [1.807, 2.05) is 23.1 Å². The van der Waals surface area contributed by atoms with Crippen molar-refractivity contribution in [2.75, 3.05) is 6.54 Å². The number of carbonyl (C=O) groups excluding carboxylic acids is 1. The highest BCUT2D eigenvalue weighted by Crippen LogP contribution is 2.21. The highest BCUT2D eigenvalue weighted by molar-refractivity contribution is 5.92. The van der Waals surface area contributed by atoms with Crippen molar-refractivity contribution in [1.29, 1.82) is 0 Å². The van der Waals surface area contributed by atoms with Crippen LogP contribution in [0.15, 0.2) is 42.6 Å². The van der Waals surface area contributed by atoms with E-state index in [1.165, 1.54) is 6.42 Å². The van der Waals surface area contributed by atoms with Gasteiger partial charge in [0, 0.05) is 13.6 Å². The zero-order chi connectivity index (χ0) is 16.1. The van der Waals surface area contributed by atoms with E-state index in [2.05, 4.69) is 34.6 Å². The molecule has 1 aromatic heterocycles. The molecule has 1 aliphatic heterocycles. The number of aromatic nitrogens is 3. The summed E-state index contributed by atoms with van der Waals surface area (Å²) in [5.41, 5.74) is 1.70. The van der Waals surface area contributed by atoms with Crippen LogP contribution in [-0.2, 0) is 7.05 Å². The van der Waals surface area contributed by atoms with E-state index >= 15 is 0 Å². The maximum Gasteiger partial charge on any atom is 0.274 e. The minimum atomic E-state index is 0.0158. The lowest BCUT2D eigenvalue weighted by molar-refractivity contribution is 0.0707. The van der Waals surface area contributed by atoms with Crippen molar-refractivity contribution in [3.63, 3.8) is 0 Å². The van der Waals surface area contributed by atoms with Crippen LogP contribution in [0.5, 0.6) is 0 Å². The molecule has 0 saturated carbocycles. The molecule has 5 nitrogen and oxygen atoms in total. The van der Waals surface area contributed by atoms with Crippen molar-refractivity contribution in [2.24, 2.45) is 7.05 Å². The van der Waals surface area contributed by atoms with Crippen LogP contribution in [-0.4, -0.2) is 38.4 Å².